The Labute approximate surface area is 183 Å². The van der Waals surface area contributed by atoms with E-state index in [1.807, 2.05) is 18.2 Å². The molecular formula is C24H26N2O4S. The van der Waals surface area contributed by atoms with Crippen LogP contribution in [0.5, 0.6) is 5.75 Å². The first kappa shape index (κ1) is 22.4. The first-order valence-corrected chi connectivity index (χ1v) is 11.5. The van der Waals surface area contributed by atoms with E-state index in [1.165, 1.54) is 11.6 Å². The van der Waals surface area contributed by atoms with E-state index in [-0.39, 0.29) is 10.8 Å². The van der Waals surface area contributed by atoms with Crippen LogP contribution in [0.25, 0.3) is 0 Å². The molecule has 3 aromatic carbocycles. The number of ether oxygens (including phenoxy) is 1. The van der Waals surface area contributed by atoms with Gasteiger partial charge in [0, 0.05) is 17.8 Å². The highest BCUT2D eigenvalue weighted by Crippen LogP contribution is 2.22. The minimum Gasteiger partial charge on any atom is -0.497 e. The standard InChI is InChI=1S/C24H26N2O4S/c1-18-10-11-20(24(27)25-16-6-9-19-7-4-3-5-8-19)17-23(18)31(28,29)26-21-12-14-22(30-2)15-13-21/h3-5,7-8,10-15,17,26H,6,9,16H2,1-2H3,(H,25,27). The molecule has 0 aliphatic heterocycles. The molecule has 0 saturated heterocycles. The minimum absolute atomic E-state index is 0.0697. The number of carbonyl (C=O) groups is 1. The summed E-state index contributed by atoms with van der Waals surface area (Å²) in [5, 5.41) is 2.86. The molecule has 31 heavy (non-hydrogen) atoms. The van der Waals surface area contributed by atoms with Crippen molar-refractivity contribution in [1.82, 2.24) is 5.32 Å². The van der Waals surface area contributed by atoms with Gasteiger partial charge in [0.1, 0.15) is 5.75 Å². The van der Waals surface area contributed by atoms with Crippen molar-refractivity contribution in [3.05, 3.63) is 89.5 Å². The summed E-state index contributed by atoms with van der Waals surface area (Å²) in [6.45, 7) is 2.21. The van der Waals surface area contributed by atoms with Gasteiger partial charge in [0.2, 0.25) is 0 Å². The highest BCUT2D eigenvalue weighted by atomic mass is 32.2. The summed E-state index contributed by atoms with van der Waals surface area (Å²) >= 11 is 0. The van der Waals surface area contributed by atoms with Crippen LogP contribution in [-0.2, 0) is 16.4 Å². The second-order valence-electron chi connectivity index (χ2n) is 7.16. The van der Waals surface area contributed by atoms with Crippen LogP contribution in [0.2, 0.25) is 0 Å². The number of anilines is 1. The van der Waals surface area contributed by atoms with Crippen LogP contribution in [0, 0.1) is 6.92 Å². The summed E-state index contributed by atoms with van der Waals surface area (Å²) in [6.07, 6.45) is 1.66. The maximum atomic E-state index is 12.9. The molecule has 0 heterocycles. The fourth-order valence-electron chi connectivity index (χ4n) is 3.14. The first-order chi connectivity index (χ1) is 14.9. The Bertz CT molecular complexity index is 1130. The lowest BCUT2D eigenvalue weighted by atomic mass is 10.1. The number of carbonyl (C=O) groups excluding carboxylic acids is 1. The molecule has 7 heteroatoms. The van der Waals surface area contributed by atoms with E-state index in [2.05, 4.69) is 22.2 Å². The molecule has 2 N–H and O–H groups in total. The van der Waals surface area contributed by atoms with E-state index >= 15 is 0 Å². The third-order valence-corrected chi connectivity index (χ3v) is 6.38. The molecule has 0 aromatic heterocycles. The summed E-state index contributed by atoms with van der Waals surface area (Å²) < 4.78 is 33.4. The van der Waals surface area contributed by atoms with Gasteiger partial charge in [-0.05, 0) is 67.3 Å². The van der Waals surface area contributed by atoms with Gasteiger partial charge in [0.05, 0.1) is 12.0 Å². The lowest BCUT2D eigenvalue weighted by Crippen LogP contribution is -2.25. The van der Waals surface area contributed by atoms with Gasteiger partial charge < -0.3 is 10.1 Å². The van der Waals surface area contributed by atoms with E-state index in [4.69, 9.17) is 4.74 Å². The van der Waals surface area contributed by atoms with Gasteiger partial charge >= 0.3 is 0 Å². The Morgan fingerprint density at radius 2 is 1.68 bits per heavy atom. The van der Waals surface area contributed by atoms with Crippen molar-refractivity contribution < 1.29 is 17.9 Å². The molecule has 3 aromatic rings. The van der Waals surface area contributed by atoms with Crippen LogP contribution in [-0.4, -0.2) is 28.0 Å². The number of rotatable bonds is 9. The lowest BCUT2D eigenvalue weighted by molar-refractivity contribution is 0.0953. The van der Waals surface area contributed by atoms with Gasteiger partial charge in [-0.15, -0.1) is 0 Å². The van der Waals surface area contributed by atoms with Crippen LogP contribution in [0.1, 0.15) is 27.9 Å². The molecule has 0 fully saturated rings. The summed E-state index contributed by atoms with van der Waals surface area (Å²) in [6, 6.07) is 21.3. The predicted molar refractivity (Wildman–Crippen MR) is 122 cm³/mol. The molecular weight excluding hydrogens is 412 g/mol. The molecule has 0 atom stereocenters. The second kappa shape index (κ2) is 10.1. The Kier molecular flexibility index (Phi) is 7.31. The summed E-state index contributed by atoms with van der Waals surface area (Å²) in [5.74, 6) is 0.332. The topological polar surface area (TPSA) is 84.5 Å². The monoisotopic (exact) mass is 438 g/mol. The number of hydrogen-bond donors (Lipinski definition) is 2. The van der Waals surface area contributed by atoms with E-state index in [0.29, 0.717) is 29.1 Å². The third kappa shape index (κ3) is 6.08. The molecule has 0 aliphatic carbocycles. The zero-order valence-corrected chi connectivity index (χ0v) is 18.4. The smallest absolute Gasteiger partial charge is 0.262 e. The summed E-state index contributed by atoms with van der Waals surface area (Å²) in [7, 11) is -2.31. The number of methoxy groups -OCH3 is 1. The lowest BCUT2D eigenvalue weighted by Gasteiger charge is -2.13. The quantitative estimate of drug-likeness (QED) is 0.491. The minimum atomic E-state index is -3.85. The Balaban J connectivity index is 1.65. The molecule has 0 aliphatic rings. The van der Waals surface area contributed by atoms with E-state index in [9.17, 15) is 13.2 Å². The third-order valence-electron chi connectivity index (χ3n) is 4.85. The average Bonchev–Trinajstić information content (AvgIpc) is 2.77. The number of nitrogens with one attached hydrogen (secondary N) is 2. The van der Waals surface area contributed by atoms with Crippen molar-refractivity contribution in [2.24, 2.45) is 0 Å². The van der Waals surface area contributed by atoms with Crippen molar-refractivity contribution in [3.8, 4) is 5.75 Å². The number of aryl methyl sites for hydroxylation is 2. The molecule has 3 rings (SSSR count). The van der Waals surface area contributed by atoms with Gasteiger partial charge in [0.15, 0.2) is 0 Å². The SMILES string of the molecule is COc1ccc(NS(=O)(=O)c2cc(C(=O)NCCCc3ccccc3)ccc2C)cc1. The zero-order valence-electron chi connectivity index (χ0n) is 17.6. The van der Waals surface area contributed by atoms with Crippen molar-refractivity contribution in [2.45, 2.75) is 24.7 Å². The fourth-order valence-corrected chi connectivity index (χ4v) is 4.47. The summed E-state index contributed by atoms with van der Waals surface area (Å²) in [5.41, 5.74) is 2.49. The van der Waals surface area contributed by atoms with Gasteiger partial charge in [-0.3, -0.25) is 9.52 Å². The molecule has 0 spiro atoms. The fraction of sp³-hybridized carbons (Fsp3) is 0.208. The molecule has 162 valence electrons. The van der Waals surface area contributed by atoms with Crippen LogP contribution in [0.4, 0.5) is 5.69 Å². The highest BCUT2D eigenvalue weighted by Gasteiger charge is 2.19. The van der Waals surface area contributed by atoms with Crippen molar-refractivity contribution in [2.75, 3.05) is 18.4 Å². The molecule has 0 saturated carbocycles. The number of benzene rings is 3. The van der Waals surface area contributed by atoms with Crippen molar-refractivity contribution in [3.63, 3.8) is 0 Å². The van der Waals surface area contributed by atoms with Gasteiger partial charge in [-0.2, -0.15) is 0 Å². The van der Waals surface area contributed by atoms with E-state index in [0.717, 1.165) is 12.8 Å². The normalized spacial score (nSPS) is 11.0. The molecule has 0 radical (unpaired) electrons. The summed E-state index contributed by atoms with van der Waals surface area (Å²) in [4.78, 5) is 12.6. The van der Waals surface area contributed by atoms with Gasteiger partial charge in [0.25, 0.3) is 15.9 Å². The number of sulfonamides is 1. The maximum absolute atomic E-state index is 12.9. The molecule has 6 nitrogen and oxygen atoms in total. The van der Waals surface area contributed by atoms with Gasteiger partial charge in [-0.1, -0.05) is 36.4 Å². The predicted octanol–water partition coefficient (Wildman–Crippen LogP) is 4.17. The Hall–Kier alpha value is -3.32. The zero-order chi connectivity index (χ0) is 22.3. The van der Waals surface area contributed by atoms with Gasteiger partial charge in [-0.25, -0.2) is 8.42 Å². The van der Waals surface area contributed by atoms with Crippen LogP contribution in [0.3, 0.4) is 0 Å². The Morgan fingerprint density at radius 1 is 0.968 bits per heavy atom. The van der Waals surface area contributed by atoms with Crippen LogP contribution >= 0.6 is 0 Å². The van der Waals surface area contributed by atoms with E-state index < -0.39 is 10.0 Å². The second-order valence-corrected chi connectivity index (χ2v) is 8.81. The maximum Gasteiger partial charge on any atom is 0.262 e. The number of amides is 1. The average molecular weight is 439 g/mol. The molecule has 0 bridgehead atoms. The Morgan fingerprint density at radius 3 is 2.35 bits per heavy atom. The van der Waals surface area contributed by atoms with Crippen LogP contribution in [0.15, 0.2) is 77.7 Å². The number of hydrogen-bond acceptors (Lipinski definition) is 4. The van der Waals surface area contributed by atoms with Crippen molar-refractivity contribution >= 4 is 21.6 Å². The van der Waals surface area contributed by atoms with Crippen molar-refractivity contribution in [1.29, 1.82) is 0 Å². The largest absolute Gasteiger partial charge is 0.497 e. The van der Waals surface area contributed by atoms with E-state index in [1.54, 1.807) is 50.4 Å². The molecule has 0 unspecified atom stereocenters. The highest BCUT2D eigenvalue weighted by molar-refractivity contribution is 7.92. The van der Waals surface area contributed by atoms with Crippen LogP contribution < -0.4 is 14.8 Å². The first-order valence-electron chi connectivity index (χ1n) is 9.99. The molecule has 1 amide bonds.